The van der Waals surface area contributed by atoms with Gasteiger partial charge in [-0.25, -0.2) is 4.79 Å². The molecule has 4 aromatic rings. The second kappa shape index (κ2) is 4.96. The van der Waals surface area contributed by atoms with E-state index in [2.05, 4.69) is 20.1 Å². The Bertz CT molecular complexity index is 985. The van der Waals surface area contributed by atoms with Crippen molar-refractivity contribution in [2.24, 2.45) is 0 Å². The molecular weight excluding hydrogens is 284 g/mol. The predicted molar refractivity (Wildman–Crippen MR) is 77.2 cm³/mol. The molecule has 0 aliphatic heterocycles. The molecule has 0 spiro atoms. The summed E-state index contributed by atoms with van der Waals surface area (Å²) in [5.41, 5.74) is 2.61. The smallest absolute Gasteiger partial charge is 0.406 e. The number of oxazole rings is 1. The molecule has 0 unspecified atom stereocenters. The van der Waals surface area contributed by atoms with Gasteiger partial charge in [-0.2, -0.15) is 4.98 Å². The maximum Gasteiger partial charge on any atom is 0.417 e. The molecule has 3 aromatic heterocycles. The van der Waals surface area contributed by atoms with Crippen molar-refractivity contribution in [2.75, 3.05) is 0 Å². The van der Waals surface area contributed by atoms with Crippen molar-refractivity contribution in [1.29, 1.82) is 0 Å². The molecule has 3 heterocycles. The Hall–Kier alpha value is -3.22. The molecule has 7 heteroatoms. The van der Waals surface area contributed by atoms with E-state index < -0.39 is 5.76 Å². The number of aromatic nitrogens is 4. The van der Waals surface area contributed by atoms with Crippen LogP contribution in [0.1, 0.15) is 11.6 Å². The lowest BCUT2D eigenvalue weighted by Crippen LogP contribution is -1.94. The minimum Gasteiger partial charge on any atom is -0.406 e. The molecule has 0 saturated heterocycles. The van der Waals surface area contributed by atoms with Crippen LogP contribution in [0, 0.1) is 0 Å². The van der Waals surface area contributed by atoms with Gasteiger partial charge in [0.05, 0.1) is 23.8 Å². The van der Waals surface area contributed by atoms with E-state index in [0.717, 1.165) is 5.56 Å². The summed E-state index contributed by atoms with van der Waals surface area (Å²) < 4.78 is 10.2. The lowest BCUT2D eigenvalue weighted by atomic mass is 10.2. The molecule has 108 valence electrons. The molecule has 4 rings (SSSR count). The third-order valence-corrected chi connectivity index (χ3v) is 3.20. The van der Waals surface area contributed by atoms with Crippen LogP contribution in [0.4, 0.5) is 0 Å². The first-order valence-corrected chi connectivity index (χ1v) is 6.64. The van der Waals surface area contributed by atoms with Gasteiger partial charge in [-0.05, 0) is 6.07 Å². The fourth-order valence-corrected chi connectivity index (χ4v) is 2.18. The Labute approximate surface area is 123 Å². The number of nitrogens with zero attached hydrogens (tertiary/aromatic N) is 3. The molecule has 7 nitrogen and oxygen atoms in total. The molecule has 1 N–H and O–H groups in total. The molecule has 0 fully saturated rings. The third-order valence-electron chi connectivity index (χ3n) is 3.20. The first kappa shape index (κ1) is 12.5. The zero-order chi connectivity index (χ0) is 14.9. The average molecular weight is 294 g/mol. The van der Waals surface area contributed by atoms with Crippen molar-refractivity contribution in [2.45, 2.75) is 6.42 Å². The summed E-state index contributed by atoms with van der Waals surface area (Å²) in [6.07, 6.45) is 1.88. The molecule has 22 heavy (non-hydrogen) atoms. The Morgan fingerprint density at radius 2 is 2.05 bits per heavy atom. The number of fused-ring (bicyclic) bond motifs is 1. The fourth-order valence-electron chi connectivity index (χ4n) is 2.18. The minimum absolute atomic E-state index is 0.378. The van der Waals surface area contributed by atoms with E-state index >= 15 is 0 Å². The third kappa shape index (κ3) is 2.28. The van der Waals surface area contributed by atoms with E-state index in [1.165, 1.54) is 6.20 Å². The highest BCUT2D eigenvalue weighted by atomic mass is 16.5. The number of aromatic amines is 1. The molecule has 0 atom stereocenters. The second-order valence-corrected chi connectivity index (χ2v) is 4.74. The number of hydrogen-bond acceptors (Lipinski definition) is 6. The molecule has 0 radical (unpaired) electrons. The van der Waals surface area contributed by atoms with Gasteiger partial charge in [-0.1, -0.05) is 35.5 Å². The van der Waals surface area contributed by atoms with Gasteiger partial charge in [-0.15, -0.1) is 0 Å². The number of hydrogen-bond donors (Lipinski definition) is 1. The van der Waals surface area contributed by atoms with Gasteiger partial charge in [0.2, 0.25) is 11.7 Å². The largest absolute Gasteiger partial charge is 0.417 e. The average Bonchev–Trinajstić information content (AvgIpc) is 3.13. The van der Waals surface area contributed by atoms with Gasteiger partial charge >= 0.3 is 5.76 Å². The minimum atomic E-state index is -0.502. The van der Waals surface area contributed by atoms with Crippen molar-refractivity contribution in [1.82, 2.24) is 20.1 Å². The number of benzene rings is 1. The summed E-state index contributed by atoms with van der Waals surface area (Å²) in [4.78, 5) is 22.3. The van der Waals surface area contributed by atoms with Crippen LogP contribution < -0.4 is 5.76 Å². The van der Waals surface area contributed by atoms with Crippen LogP contribution in [-0.4, -0.2) is 20.1 Å². The summed E-state index contributed by atoms with van der Waals surface area (Å²) in [5.74, 6) is 0.489. The van der Waals surface area contributed by atoms with Gasteiger partial charge in [0.1, 0.15) is 0 Å². The van der Waals surface area contributed by atoms with Crippen molar-refractivity contribution >= 4 is 11.1 Å². The molecule has 0 bridgehead atoms. The first-order chi connectivity index (χ1) is 10.8. The Morgan fingerprint density at radius 1 is 1.18 bits per heavy atom. The van der Waals surface area contributed by atoms with E-state index in [9.17, 15) is 4.79 Å². The van der Waals surface area contributed by atoms with Crippen molar-refractivity contribution in [3.8, 4) is 11.4 Å². The number of nitrogens with one attached hydrogen (secondary N) is 1. The maximum atomic E-state index is 11.1. The fraction of sp³-hybridized carbons (Fsp3) is 0.0667. The van der Waals surface area contributed by atoms with Crippen LogP contribution in [-0.2, 0) is 6.42 Å². The summed E-state index contributed by atoms with van der Waals surface area (Å²) in [7, 11) is 0. The zero-order valence-corrected chi connectivity index (χ0v) is 11.3. The highest BCUT2D eigenvalue weighted by Gasteiger charge is 2.11. The normalized spacial score (nSPS) is 11.1. The summed E-state index contributed by atoms with van der Waals surface area (Å²) in [6, 6.07) is 11.3. The van der Waals surface area contributed by atoms with Crippen LogP contribution in [0.25, 0.3) is 22.5 Å². The van der Waals surface area contributed by atoms with E-state index in [1.54, 1.807) is 6.07 Å². The lowest BCUT2D eigenvalue weighted by molar-refractivity contribution is 0.385. The SMILES string of the molecule is O=c1[nH]c2cc(Cc3nc(-c4ccccc4)no3)ncc2o1. The van der Waals surface area contributed by atoms with Crippen LogP contribution in [0.15, 0.2) is 56.3 Å². The molecular formula is C15H10N4O3. The van der Waals surface area contributed by atoms with Crippen LogP contribution in [0.5, 0.6) is 0 Å². The molecule has 0 aliphatic rings. The topological polar surface area (TPSA) is 97.8 Å². The molecule has 0 amide bonds. The van der Waals surface area contributed by atoms with E-state index in [-0.39, 0.29) is 0 Å². The van der Waals surface area contributed by atoms with Crippen LogP contribution in [0.2, 0.25) is 0 Å². The Kier molecular flexibility index (Phi) is 2.82. The van der Waals surface area contributed by atoms with E-state index in [1.807, 2.05) is 30.3 Å². The van der Waals surface area contributed by atoms with Gasteiger partial charge in [0.15, 0.2) is 5.58 Å². The van der Waals surface area contributed by atoms with Gasteiger partial charge in [0.25, 0.3) is 0 Å². The molecule has 0 aliphatic carbocycles. The Morgan fingerprint density at radius 3 is 2.91 bits per heavy atom. The van der Waals surface area contributed by atoms with Crippen LogP contribution >= 0.6 is 0 Å². The zero-order valence-electron chi connectivity index (χ0n) is 11.3. The van der Waals surface area contributed by atoms with Gasteiger partial charge in [-0.3, -0.25) is 9.97 Å². The van der Waals surface area contributed by atoms with Crippen molar-refractivity contribution in [3.05, 3.63) is 64.7 Å². The first-order valence-electron chi connectivity index (χ1n) is 6.64. The van der Waals surface area contributed by atoms with Crippen molar-refractivity contribution in [3.63, 3.8) is 0 Å². The van der Waals surface area contributed by atoms with Crippen molar-refractivity contribution < 1.29 is 8.94 Å². The van der Waals surface area contributed by atoms with Gasteiger partial charge in [0, 0.05) is 5.56 Å². The second-order valence-electron chi connectivity index (χ2n) is 4.74. The monoisotopic (exact) mass is 294 g/mol. The molecule has 1 aromatic carbocycles. The summed E-state index contributed by atoms with van der Waals surface area (Å²) in [6.45, 7) is 0. The van der Waals surface area contributed by atoms with E-state index in [4.69, 9.17) is 8.94 Å². The predicted octanol–water partition coefficient (Wildman–Crippen LogP) is 2.16. The number of H-pyrrole nitrogens is 1. The number of rotatable bonds is 3. The standard InChI is InChI=1S/C15H10N4O3/c20-15-17-11-6-10(16-8-12(11)21-15)7-13-18-14(19-22-13)9-4-2-1-3-5-9/h1-6,8H,7H2,(H,17,20). The summed E-state index contributed by atoms with van der Waals surface area (Å²) in [5, 5.41) is 3.96. The quantitative estimate of drug-likeness (QED) is 0.621. The number of pyridine rings is 1. The highest BCUT2D eigenvalue weighted by molar-refractivity contribution is 5.71. The van der Waals surface area contributed by atoms with Crippen LogP contribution in [0.3, 0.4) is 0 Å². The summed E-state index contributed by atoms with van der Waals surface area (Å²) >= 11 is 0. The van der Waals surface area contributed by atoms with E-state index in [0.29, 0.717) is 34.9 Å². The molecule has 0 saturated carbocycles. The Balaban J connectivity index is 1.62. The van der Waals surface area contributed by atoms with Gasteiger partial charge < -0.3 is 8.94 Å². The lowest BCUT2D eigenvalue weighted by Gasteiger charge is -1.95. The maximum absolute atomic E-state index is 11.1. The highest BCUT2D eigenvalue weighted by Crippen LogP contribution is 2.17.